The van der Waals surface area contributed by atoms with E-state index in [2.05, 4.69) is 34.3 Å². The van der Waals surface area contributed by atoms with Gasteiger partial charge in [0.1, 0.15) is 0 Å². The highest BCUT2D eigenvalue weighted by Gasteiger charge is 2.13. The Morgan fingerprint density at radius 2 is 1.92 bits per heavy atom. The predicted octanol–water partition coefficient (Wildman–Crippen LogP) is 3.30. The number of nitrogens with two attached hydrogens (primary N) is 1. The van der Waals surface area contributed by atoms with Crippen molar-refractivity contribution in [3.05, 3.63) is 46.5 Å². The molecule has 3 N–H and O–H groups in total. The number of amides is 1. The highest BCUT2D eigenvalue weighted by Crippen LogP contribution is 2.22. The summed E-state index contributed by atoms with van der Waals surface area (Å²) in [6, 6.07) is 10.3. The first-order chi connectivity index (χ1) is 11.6. The van der Waals surface area contributed by atoms with Gasteiger partial charge in [0.25, 0.3) is 0 Å². The molecule has 1 amide bonds. The van der Waals surface area contributed by atoms with Crippen molar-refractivity contribution in [3.63, 3.8) is 0 Å². The Morgan fingerprint density at radius 1 is 1.23 bits per heavy atom. The van der Waals surface area contributed by atoms with Crippen molar-refractivity contribution < 1.29 is 4.79 Å². The maximum atomic E-state index is 12.3. The van der Waals surface area contributed by atoms with Crippen LogP contribution in [0, 0.1) is 6.92 Å². The summed E-state index contributed by atoms with van der Waals surface area (Å²) >= 11 is 1.53. The summed E-state index contributed by atoms with van der Waals surface area (Å²) in [4.78, 5) is 20.0. The maximum Gasteiger partial charge on any atom is 0.240 e. The minimum absolute atomic E-state index is 0. The van der Waals surface area contributed by atoms with Crippen molar-refractivity contribution in [2.45, 2.75) is 26.7 Å². The van der Waals surface area contributed by atoms with Gasteiger partial charge in [0.2, 0.25) is 5.91 Å². The number of nitrogens with zero attached hydrogens (tertiary/aromatic N) is 2. The minimum atomic E-state index is -0.0343. The standard InChI is InChI=1S/C18H26N4OS.2ClH/c1-3-16-14(2)24-18(20-16)21-17(23)13-22(12-10-19)11-9-15-7-5-4-6-8-15;;/h4-8H,3,9-13,19H2,1-2H3,(H,20,21,23);2*1H. The zero-order valence-electron chi connectivity index (χ0n) is 15.2. The van der Waals surface area contributed by atoms with E-state index in [0.29, 0.717) is 24.8 Å². The number of hydrogen-bond acceptors (Lipinski definition) is 5. The number of anilines is 1. The van der Waals surface area contributed by atoms with E-state index < -0.39 is 0 Å². The van der Waals surface area contributed by atoms with Crippen LogP contribution in [0.4, 0.5) is 5.13 Å². The van der Waals surface area contributed by atoms with Crippen molar-refractivity contribution in [2.75, 3.05) is 31.5 Å². The smallest absolute Gasteiger partial charge is 0.240 e. The summed E-state index contributed by atoms with van der Waals surface area (Å²) < 4.78 is 0. The van der Waals surface area contributed by atoms with Crippen LogP contribution in [0.1, 0.15) is 23.1 Å². The predicted molar refractivity (Wildman–Crippen MR) is 115 cm³/mol. The zero-order chi connectivity index (χ0) is 17.4. The molecule has 26 heavy (non-hydrogen) atoms. The Balaban J connectivity index is 0.00000312. The lowest BCUT2D eigenvalue weighted by Crippen LogP contribution is -2.37. The number of nitrogens with one attached hydrogen (secondary N) is 1. The van der Waals surface area contributed by atoms with Crippen LogP contribution in [0.15, 0.2) is 30.3 Å². The molecule has 8 heteroatoms. The number of carbonyl (C=O) groups is 1. The van der Waals surface area contributed by atoms with Crippen molar-refractivity contribution in [1.29, 1.82) is 0 Å². The fourth-order valence-electron chi connectivity index (χ4n) is 2.56. The van der Waals surface area contributed by atoms with E-state index in [1.807, 2.05) is 25.1 Å². The molecule has 5 nitrogen and oxygen atoms in total. The Labute approximate surface area is 172 Å². The van der Waals surface area contributed by atoms with Crippen LogP contribution in [0.5, 0.6) is 0 Å². The largest absolute Gasteiger partial charge is 0.329 e. The quantitative estimate of drug-likeness (QED) is 0.654. The van der Waals surface area contributed by atoms with Crippen LogP contribution in [0.2, 0.25) is 0 Å². The molecule has 0 spiro atoms. The molecule has 1 heterocycles. The van der Waals surface area contributed by atoms with Gasteiger partial charge in [-0.2, -0.15) is 0 Å². The highest BCUT2D eigenvalue weighted by atomic mass is 35.5. The van der Waals surface area contributed by atoms with Crippen LogP contribution < -0.4 is 11.1 Å². The molecule has 0 bridgehead atoms. The lowest BCUT2D eigenvalue weighted by molar-refractivity contribution is -0.117. The van der Waals surface area contributed by atoms with E-state index in [9.17, 15) is 4.79 Å². The number of rotatable bonds is 9. The molecule has 1 aromatic heterocycles. The molecular formula is C18H28Cl2N4OS. The number of hydrogen-bond donors (Lipinski definition) is 2. The van der Waals surface area contributed by atoms with Gasteiger partial charge in [-0.25, -0.2) is 4.98 Å². The van der Waals surface area contributed by atoms with Crippen LogP contribution >= 0.6 is 36.2 Å². The molecule has 0 unspecified atom stereocenters. The van der Waals surface area contributed by atoms with Gasteiger partial charge in [0.05, 0.1) is 12.2 Å². The van der Waals surface area contributed by atoms with Crippen LogP contribution in [0.3, 0.4) is 0 Å². The average Bonchev–Trinajstić information content (AvgIpc) is 2.93. The summed E-state index contributed by atoms with van der Waals surface area (Å²) in [5, 5.41) is 3.60. The lowest BCUT2D eigenvalue weighted by atomic mass is 10.1. The third-order valence-electron chi connectivity index (χ3n) is 3.85. The molecule has 0 saturated heterocycles. The number of aromatic nitrogens is 1. The third kappa shape index (κ3) is 8.01. The summed E-state index contributed by atoms with van der Waals surface area (Å²) in [6.45, 7) is 6.50. The SMILES string of the molecule is CCc1nc(NC(=O)CN(CCN)CCc2ccccc2)sc1C.Cl.Cl. The molecule has 0 aliphatic rings. The number of aryl methyl sites for hydroxylation is 2. The van der Waals surface area contributed by atoms with Crippen molar-refractivity contribution in [2.24, 2.45) is 5.73 Å². The van der Waals surface area contributed by atoms with Gasteiger partial charge in [0, 0.05) is 24.5 Å². The van der Waals surface area contributed by atoms with E-state index >= 15 is 0 Å². The lowest BCUT2D eigenvalue weighted by Gasteiger charge is -2.20. The Kier molecular flexibility index (Phi) is 12.5. The Bertz CT molecular complexity index is 652. The topological polar surface area (TPSA) is 71.2 Å². The van der Waals surface area contributed by atoms with E-state index in [4.69, 9.17) is 5.73 Å². The van der Waals surface area contributed by atoms with Crippen LogP contribution in [-0.4, -0.2) is 42.0 Å². The molecule has 0 aliphatic carbocycles. The van der Waals surface area contributed by atoms with Gasteiger partial charge < -0.3 is 11.1 Å². The van der Waals surface area contributed by atoms with E-state index in [1.54, 1.807) is 0 Å². The van der Waals surface area contributed by atoms with Crippen LogP contribution in [0.25, 0.3) is 0 Å². The fourth-order valence-corrected chi connectivity index (χ4v) is 3.47. The highest BCUT2D eigenvalue weighted by molar-refractivity contribution is 7.15. The van der Waals surface area contributed by atoms with Crippen molar-refractivity contribution >= 4 is 47.2 Å². The molecule has 146 valence electrons. The number of carbonyl (C=O) groups excluding carboxylic acids is 1. The van der Waals surface area contributed by atoms with Crippen LogP contribution in [-0.2, 0) is 17.6 Å². The molecule has 0 radical (unpaired) electrons. The summed E-state index contributed by atoms with van der Waals surface area (Å²) in [5.74, 6) is -0.0343. The number of benzene rings is 1. The van der Waals surface area contributed by atoms with E-state index in [0.717, 1.165) is 30.0 Å². The zero-order valence-corrected chi connectivity index (χ0v) is 17.7. The van der Waals surface area contributed by atoms with Crippen molar-refractivity contribution in [3.8, 4) is 0 Å². The second-order valence-electron chi connectivity index (χ2n) is 5.72. The normalized spacial score (nSPS) is 10.2. The molecule has 0 aliphatic heterocycles. The fraction of sp³-hybridized carbons (Fsp3) is 0.444. The summed E-state index contributed by atoms with van der Waals surface area (Å²) in [6.07, 6.45) is 1.79. The van der Waals surface area contributed by atoms with Gasteiger partial charge in [0.15, 0.2) is 5.13 Å². The second-order valence-corrected chi connectivity index (χ2v) is 6.93. The molecule has 1 aromatic carbocycles. The molecule has 0 fully saturated rings. The molecule has 2 rings (SSSR count). The van der Waals surface area contributed by atoms with Gasteiger partial charge in [-0.15, -0.1) is 36.2 Å². The van der Waals surface area contributed by atoms with Crippen molar-refractivity contribution in [1.82, 2.24) is 9.88 Å². The summed E-state index contributed by atoms with van der Waals surface area (Å²) in [5.41, 5.74) is 8.00. The minimum Gasteiger partial charge on any atom is -0.329 e. The molecule has 2 aromatic rings. The van der Waals surface area contributed by atoms with Gasteiger partial charge >= 0.3 is 0 Å². The van der Waals surface area contributed by atoms with Gasteiger partial charge in [-0.3, -0.25) is 9.69 Å². The van der Waals surface area contributed by atoms with E-state index in [1.165, 1.54) is 16.9 Å². The first-order valence-electron chi connectivity index (χ1n) is 8.34. The molecular weight excluding hydrogens is 391 g/mol. The maximum absolute atomic E-state index is 12.3. The number of halogens is 2. The summed E-state index contributed by atoms with van der Waals surface area (Å²) in [7, 11) is 0. The Morgan fingerprint density at radius 3 is 2.50 bits per heavy atom. The third-order valence-corrected chi connectivity index (χ3v) is 4.77. The molecule has 0 saturated carbocycles. The van der Waals surface area contributed by atoms with Gasteiger partial charge in [-0.1, -0.05) is 37.3 Å². The first kappa shape index (κ1) is 24.8. The second kappa shape index (κ2) is 13.1. The van der Waals surface area contributed by atoms with Gasteiger partial charge in [-0.05, 0) is 25.3 Å². The Hall–Kier alpha value is -1.18. The monoisotopic (exact) mass is 418 g/mol. The molecule has 0 atom stereocenters. The average molecular weight is 419 g/mol. The number of thiazole rings is 1. The van der Waals surface area contributed by atoms with E-state index in [-0.39, 0.29) is 30.7 Å². The first-order valence-corrected chi connectivity index (χ1v) is 9.16.